The Morgan fingerprint density at radius 2 is 1.81 bits per heavy atom. The number of benzene rings is 2. The molecule has 144 valence electrons. The Balaban J connectivity index is 2.30. The lowest BCUT2D eigenvalue weighted by Crippen LogP contribution is -2.55. The van der Waals surface area contributed by atoms with Crippen molar-refractivity contribution in [3.05, 3.63) is 58.7 Å². The summed E-state index contributed by atoms with van der Waals surface area (Å²) in [4.78, 5) is 24.5. The van der Waals surface area contributed by atoms with E-state index in [1.165, 1.54) is 19.2 Å². The van der Waals surface area contributed by atoms with Crippen LogP contribution >= 0.6 is 0 Å². The van der Waals surface area contributed by atoms with Gasteiger partial charge in [-0.1, -0.05) is 24.3 Å². The van der Waals surface area contributed by atoms with Crippen LogP contribution in [0, 0.1) is 13.8 Å². The molecule has 7 heteroatoms. The van der Waals surface area contributed by atoms with Crippen LogP contribution in [0.5, 0.6) is 11.5 Å². The maximum absolute atomic E-state index is 12.6. The van der Waals surface area contributed by atoms with Crippen molar-refractivity contribution in [1.82, 2.24) is 5.43 Å². The van der Waals surface area contributed by atoms with Gasteiger partial charge in [0.25, 0.3) is 0 Å². The second-order valence-corrected chi connectivity index (χ2v) is 6.60. The molecule has 27 heavy (non-hydrogen) atoms. The third-order valence-corrected chi connectivity index (χ3v) is 4.42. The van der Waals surface area contributed by atoms with Crippen molar-refractivity contribution >= 4 is 11.9 Å². The highest BCUT2D eigenvalue weighted by molar-refractivity contribution is 5.94. The highest BCUT2D eigenvalue weighted by Gasteiger charge is 2.33. The van der Waals surface area contributed by atoms with Crippen molar-refractivity contribution in [2.75, 3.05) is 7.11 Å². The molecule has 0 fully saturated rings. The van der Waals surface area contributed by atoms with E-state index in [2.05, 4.69) is 5.43 Å². The molecule has 0 radical (unpaired) electrons. The summed E-state index contributed by atoms with van der Waals surface area (Å²) in [6, 6.07) is 10.00. The highest BCUT2D eigenvalue weighted by atomic mass is 16.5. The van der Waals surface area contributed by atoms with Crippen molar-refractivity contribution in [3.8, 4) is 11.5 Å². The molecule has 0 aliphatic carbocycles. The van der Waals surface area contributed by atoms with Gasteiger partial charge in [-0.3, -0.25) is 10.6 Å². The van der Waals surface area contributed by atoms with E-state index in [4.69, 9.17) is 15.3 Å². The van der Waals surface area contributed by atoms with Crippen LogP contribution < -0.4 is 16.0 Å². The van der Waals surface area contributed by atoms with Crippen LogP contribution in [0.25, 0.3) is 0 Å². The number of phenols is 1. The molecule has 2 aromatic rings. The van der Waals surface area contributed by atoms with Gasteiger partial charge in [0.15, 0.2) is 11.5 Å². The molecule has 7 nitrogen and oxygen atoms in total. The predicted octanol–water partition coefficient (Wildman–Crippen LogP) is 2.17. The van der Waals surface area contributed by atoms with Crippen molar-refractivity contribution < 1.29 is 24.2 Å². The number of phenolic OH excluding ortho intramolecular Hbond substituents is 1. The number of nitrogens with two attached hydrogens (primary N) is 1. The molecule has 2 aromatic carbocycles. The standard InChI is InChI=1S/C20H24N2O5/c1-12-6-5-7-13(2)17(12)18(24)27-16-10-14(8-9-15(16)23)11-20(3,22-21)19(25)26-4/h5-10,22-23H,11,21H2,1-4H3. The smallest absolute Gasteiger partial charge is 0.344 e. The monoisotopic (exact) mass is 372 g/mol. The van der Waals surface area contributed by atoms with Gasteiger partial charge < -0.3 is 14.6 Å². The zero-order valence-electron chi connectivity index (χ0n) is 15.8. The number of esters is 2. The number of methoxy groups -OCH3 is 1. The van der Waals surface area contributed by atoms with Gasteiger partial charge in [-0.05, 0) is 49.6 Å². The Morgan fingerprint density at radius 3 is 2.37 bits per heavy atom. The Labute approximate surface area is 158 Å². The summed E-state index contributed by atoms with van der Waals surface area (Å²) in [5, 5.41) is 10.1. The maximum Gasteiger partial charge on any atom is 0.344 e. The number of aryl methyl sites for hydroxylation is 2. The molecule has 0 aliphatic heterocycles. The van der Waals surface area contributed by atoms with E-state index >= 15 is 0 Å². The summed E-state index contributed by atoms with van der Waals surface area (Å²) in [6.07, 6.45) is 0.171. The quantitative estimate of drug-likeness (QED) is 0.308. The first kappa shape index (κ1) is 20.4. The number of ether oxygens (including phenoxy) is 2. The van der Waals surface area contributed by atoms with Crippen LogP contribution in [0.1, 0.15) is 34.0 Å². The fourth-order valence-corrected chi connectivity index (χ4v) is 2.85. The van der Waals surface area contributed by atoms with Gasteiger partial charge in [0, 0.05) is 6.42 Å². The van der Waals surface area contributed by atoms with Gasteiger partial charge in [0.05, 0.1) is 12.7 Å². The predicted molar refractivity (Wildman–Crippen MR) is 100 cm³/mol. The number of carbonyl (C=O) groups is 2. The molecule has 0 bridgehead atoms. The Morgan fingerprint density at radius 1 is 1.19 bits per heavy atom. The number of hydrogen-bond donors (Lipinski definition) is 3. The number of aromatic hydroxyl groups is 1. The number of hydrazine groups is 1. The topological polar surface area (TPSA) is 111 Å². The van der Waals surface area contributed by atoms with E-state index in [0.717, 1.165) is 11.1 Å². The van der Waals surface area contributed by atoms with Gasteiger partial charge in [-0.25, -0.2) is 10.2 Å². The van der Waals surface area contributed by atoms with E-state index < -0.39 is 17.5 Å². The zero-order chi connectivity index (χ0) is 20.2. The van der Waals surface area contributed by atoms with E-state index in [1.807, 2.05) is 32.0 Å². The average molecular weight is 372 g/mol. The first-order chi connectivity index (χ1) is 12.7. The summed E-state index contributed by atoms with van der Waals surface area (Å²) in [5.74, 6) is 4.23. The first-order valence-electron chi connectivity index (χ1n) is 8.38. The number of nitrogens with one attached hydrogen (secondary N) is 1. The van der Waals surface area contributed by atoms with Crippen LogP contribution in [0.4, 0.5) is 0 Å². The van der Waals surface area contributed by atoms with E-state index in [-0.39, 0.29) is 17.9 Å². The van der Waals surface area contributed by atoms with Crippen LogP contribution in [0.15, 0.2) is 36.4 Å². The third-order valence-electron chi connectivity index (χ3n) is 4.42. The molecular weight excluding hydrogens is 348 g/mol. The van der Waals surface area contributed by atoms with Crippen LogP contribution in [-0.2, 0) is 16.0 Å². The Bertz CT molecular complexity index is 845. The van der Waals surface area contributed by atoms with Gasteiger partial charge in [-0.2, -0.15) is 0 Å². The molecule has 4 N–H and O–H groups in total. The largest absolute Gasteiger partial charge is 0.504 e. The molecule has 0 heterocycles. The molecule has 0 aromatic heterocycles. The fraction of sp³-hybridized carbons (Fsp3) is 0.300. The molecule has 0 saturated carbocycles. The molecule has 0 aliphatic rings. The molecule has 2 rings (SSSR count). The van der Waals surface area contributed by atoms with E-state index in [9.17, 15) is 14.7 Å². The van der Waals surface area contributed by atoms with E-state index in [0.29, 0.717) is 11.1 Å². The van der Waals surface area contributed by atoms with Gasteiger partial charge >= 0.3 is 11.9 Å². The fourth-order valence-electron chi connectivity index (χ4n) is 2.85. The minimum absolute atomic E-state index is 0.00407. The molecule has 1 unspecified atom stereocenters. The number of carbonyl (C=O) groups excluding carboxylic acids is 2. The van der Waals surface area contributed by atoms with Crippen LogP contribution in [-0.4, -0.2) is 29.7 Å². The second-order valence-electron chi connectivity index (χ2n) is 6.60. The van der Waals surface area contributed by atoms with Crippen LogP contribution in [0.3, 0.4) is 0 Å². The number of hydrogen-bond acceptors (Lipinski definition) is 7. The Kier molecular flexibility index (Phi) is 6.20. The van der Waals surface area contributed by atoms with Crippen LogP contribution in [0.2, 0.25) is 0 Å². The lowest BCUT2D eigenvalue weighted by atomic mass is 9.93. The lowest BCUT2D eigenvalue weighted by Gasteiger charge is -2.25. The lowest BCUT2D eigenvalue weighted by molar-refractivity contribution is -0.147. The van der Waals surface area contributed by atoms with Gasteiger partial charge in [-0.15, -0.1) is 0 Å². The van der Waals surface area contributed by atoms with Crippen molar-refractivity contribution in [1.29, 1.82) is 0 Å². The molecular formula is C20H24N2O5. The van der Waals surface area contributed by atoms with Gasteiger partial charge in [0.2, 0.25) is 0 Å². The summed E-state index contributed by atoms with van der Waals surface area (Å²) < 4.78 is 10.2. The second kappa shape index (κ2) is 8.20. The van der Waals surface area contributed by atoms with Crippen molar-refractivity contribution in [3.63, 3.8) is 0 Å². The minimum atomic E-state index is -1.17. The van der Waals surface area contributed by atoms with Crippen molar-refractivity contribution in [2.45, 2.75) is 32.7 Å². The average Bonchev–Trinajstić information content (AvgIpc) is 2.63. The molecule has 0 saturated heterocycles. The summed E-state index contributed by atoms with van der Waals surface area (Å²) in [7, 11) is 1.27. The van der Waals surface area contributed by atoms with Crippen molar-refractivity contribution in [2.24, 2.45) is 5.84 Å². The zero-order valence-corrected chi connectivity index (χ0v) is 15.8. The highest BCUT2D eigenvalue weighted by Crippen LogP contribution is 2.30. The third kappa shape index (κ3) is 4.45. The van der Waals surface area contributed by atoms with Gasteiger partial charge in [0.1, 0.15) is 5.54 Å². The SMILES string of the molecule is COC(=O)C(C)(Cc1ccc(O)c(OC(=O)c2c(C)cccc2C)c1)NN. The molecule has 0 amide bonds. The number of rotatable bonds is 6. The van der Waals surface area contributed by atoms with E-state index in [1.54, 1.807) is 13.0 Å². The summed E-state index contributed by atoms with van der Waals surface area (Å²) >= 11 is 0. The Hall–Kier alpha value is -2.90. The first-order valence-corrected chi connectivity index (χ1v) is 8.38. The molecule has 0 spiro atoms. The summed E-state index contributed by atoms with van der Waals surface area (Å²) in [6.45, 7) is 5.22. The minimum Gasteiger partial charge on any atom is -0.504 e. The normalized spacial score (nSPS) is 12.9. The molecule has 1 atom stereocenters. The summed E-state index contributed by atoms with van der Waals surface area (Å²) in [5.41, 5.74) is 3.92. The maximum atomic E-state index is 12.6.